The minimum atomic E-state index is 0.00567. The summed E-state index contributed by atoms with van der Waals surface area (Å²) in [7, 11) is 0. The lowest BCUT2D eigenvalue weighted by atomic mass is 10.0. The van der Waals surface area contributed by atoms with E-state index >= 15 is 0 Å². The average molecular weight is 411 g/mol. The molecule has 0 radical (unpaired) electrons. The Morgan fingerprint density at radius 2 is 2.07 bits per heavy atom. The fraction of sp³-hybridized carbons (Fsp3) is 0.300. The zero-order valence-corrected chi connectivity index (χ0v) is 17.0. The monoisotopic (exact) mass is 410 g/mol. The first-order valence-electron chi connectivity index (χ1n) is 9.24. The maximum Gasteiger partial charge on any atom is 0.277 e. The van der Waals surface area contributed by atoms with Crippen molar-refractivity contribution in [3.63, 3.8) is 0 Å². The van der Waals surface area contributed by atoms with E-state index in [0.29, 0.717) is 16.9 Å². The predicted octanol–water partition coefficient (Wildman–Crippen LogP) is 4.29. The molecule has 0 aliphatic heterocycles. The van der Waals surface area contributed by atoms with E-state index in [-0.39, 0.29) is 5.56 Å². The topological polar surface area (TPSA) is 73.3 Å². The Labute approximate surface area is 169 Å². The first-order valence-corrected chi connectivity index (χ1v) is 11.0. The number of hydrogen-bond donors (Lipinski definition) is 0. The predicted molar refractivity (Wildman–Crippen MR) is 110 cm³/mol. The largest absolute Gasteiger partial charge is 0.411 e. The SMILES string of the molecule is Cc1ccccc1-c1nnc(SCc2cc(=O)n3c4c(sc3n2)CCCC4)o1. The second kappa shape index (κ2) is 7.18. The van der Waals surface area contributed by atoms with Gasteiger partial charge in [0.05, 0.1) is 5.69 Å². The van der Waals surface area contributed by atoms with E-state index in [9.17, 15) is 4.79 Å². The highest BCUT2D eigenvalue weighted by molar-refractivity contribution is 7.98. The summed E-state index contributed by atoms with van der Waals surface area (Å²) >= 11 is 3.04. The Morgan fingerprint density at radius 1 is 1.21 bits per heavy atom. The number of fused-ring (bicyclic) bond motifs is 3. The third-order valence-corrected chi connectivity index (χ3v) is 6.93. The van der Waals surface area contributed by atoms with Gasteiger partial charge in [-0.25, -0.2) is 4.98 Å². The van der Waals surface area contributed by atoms with E-state index in [1.54, 1.807) is 21.8 Å². The molecule has 0 unspecified atom stereocenters. The number of benzene rings is 1. The molecule has 3 heterocycles. The standard InChI is InChI=1S/C20H18N4O2S2/c1-12-6-2-3-7-14(12)18-22-23-20(26-18)27-11-13-10-17(25)24-15-8-4-5-9-16(15)28-19(24)21-13/h2-3,6-7,10H,4-5,8-9,11H2,1H3. The van der Waals surface area contributed by atoms with Crippen molar-refractivity contribution in [1.82, 2.24) is 19.6 Å². The maximum absolute atomic E-state index is 12.6. The summed E-state index contributed by atoms with van der Waals surface area (Å²) in [4.78, 5) is 19.4. The number of thioether (sulfide) groups is 1. The molecule has 1 aromatic carbocycles. The van der Waals surface area contributed by atoms with Crippen LogP contribution in [0.15, 0.2) is 44.8 Å². The van der Waals surface area contributed by atoms with Crippen LogP contribution < -0.4 is 5.56 Å². The van der Waals surface area contributed by atoms with Crippen LogP contribution in [-0.4, -0.2) is 19.6 Å². The first kappa shape index (κ1) is 17.6. The smallest absolute Gasteiger partial charge is 0.277 e. The maximum atomic E-state index is 12.6. The van der Waals surface area contributed by atoms with Crippen molar-refractivity contribution in [2.24, 2.45) is 0 Å². The fourth-order valence-electron chi connectivity index (χ4n) is 3.54. The van der Waals surface area contributed by atoms with Crippen LogP contribution in [0.2, 0.25) is 0 Å². The molecule has 0 amide bonds. The Hall–Kier alpha value is -2.45. The summed E-state index contributed by atoms with van der Waals surface area (Å²) in [6.07, 6.45) is 4.35. The van der Waals surface area contributed by atoms with E-state index in [2.05, 4.69) is 10.2 Å². The van der Waals surface area contributed by atoms with Gasteiger partial charge in [0.1, 0.15) is 0 Å². The van der Waals surface area contributed by atoms with Gasteiger partial charge < -0.3 is 4.42 Å². The lowest BCUT2D eigenvalue weighted by Gasteiger charge is -2.09. The molecule has 1 aliphatic rings. The van der Waals surface area contributed by atoms with Gasteiger partial charge in [0.15, 0.2) is 4.96 Å². The lowest BCUT2D eigenvalue weighted by Crippen LogP contribution is -2.17. The average Bonchev–Trinajstić information content (AvgIpc) is 3.31. The molecule has 8 heteroatoms. The Morgan fingerprint density at radius 3 is 2.96 bits per heavy atom. The van der Waals surface area contributed by atoms with Crippen LogP contribution in [0.1, 0.15) is 34.7 Å². The van der Waals surface area contributed by atoms with Gasteiger partial charge >= 0.3 is 0 Å². The molecule has 0 atom stereocenters. The quantitative estimate of drug-likeness (QED) is 0.468. The highest BCUT2D eigenvalue weighted by Gasteiger charge is 2.19. The number of thiazole rings is 1. The molecule has 0 saturated heterocycles. The number of hydrogen-bond acceptors (Lipinski definition) is 7. The minimum absolute atomic E-state index is 0.00567. The van der Waals surface area contributed by atoms with Gasteiger partial charge in [0.25, 0.3) is 10.8 Å². The first-order chi connectivity index (χ1) is 13.7. The van der Waals surface area contributed by atoms with Crippen molar-refractivity contribution >= 4 is 28.1 Å². The van der Waals surface area contributed by atoms with E-state index < -0.39 is 0 Å². The van der Waals surface area contributed by atoms with Gasteiger partial charge in [0.2, 0.25) is 5.89 Å². The minimum Gasteiger partial charge on any atom is -0.411 e. The van der Waals surface area contributed by atoms with Crippen LogP contribution in [0.25, 0.3) is 16.4 Å². The summed E-state index contributed by atoms with van der Waals surface area (Å²) in [5.74, 6) is 1.03. The van der Waals surface area contributed by atoms with Crippen molar-refractivity contribution in [2.45, 2.75) is 43.6 Å². The highest BCUT2D eigenvalue weighted by atomic mass is 32.2. The highest BCUT2D eigenvalue weighted by Crippen LogP contribution is 2.30. The number of nitrogens with zero attached hydrogens (tertiary/aromatic N) is 4. The molecule has 4 aromatic rings. The summed E-state index contributed by atoms with van der Waals surface area (Å²) in [5, 5.41) is 8.75. The van der Waals surface area contributed by atoms with E-state index in [0.717, 1.165) is 46.7 Å². The molecular formula is C20H18N4O2S2. The second-order valence-corrected chi connectivity index (χ2v) is 8.85. The molecule has 5 rings (SSSR count). The van der Waals surface area contributed by atoms with Crippen molar-refractivity contribution in [3.8, 4) is 11.5 Å². The summed E-state index contributed by atoms with van der Waals surface area (Å²) < 4.78 is 7.58. The normalized spacial score (nSPS) is 13.8. The van der Waals surface area contributed by atoms with Gasteiger partial charge in [0, 0.05) is 28.0 Å². The summed E-state index contributed by atoms with van der Waals surface area (Å²) in [6, 6.07) is 9.53. The van der Waals surface area contributed by atoms with Crippen LogP contribution in [0.4, 0.5) is 0 Å². The third kappa shape index (κ3) is 3.16. The summed E-state index contributed by atoms with van der Waals surface area (Å²) in [6.45, 7) is 2.01. The van der Waals surface area contributed by atoms with Crippen molar-refractivity contribution in [3.05, 3.63) is 62.5 Å². The van der Waals surface area contributed by atoms with Gasteiger partial charge in [-0.3, -0.25) is 9.20 Å². The lowest BCUT2D eigenvalue weighted by molar-refractivity contribution is 0.465. The van der Waals surface area contributed by atoms with Crippen LogP contribution in [-0.2, 0) is 18.6 Å². The van der Waals surface area contributed by atoms with Gasteiger partial charge in [-0.2, -0.15) is 0 Å². The molecule has 28 heavy (non-hydrogen) atoms. The van der Waals surface area contributed by atoms with Crippen molar-refractivity contribution in [2.75, 3.05) is 0 Å². The number of aryl methyl sites for hydroxylation is 3. The van der Waals surface area contributed by atoms with Crippen LogP contribution >= 0.6 is 23.1 Å². The molecular weight excluding hydrogens is 392 g/mol. The molecule has 0 spiro atoms. The van der Waals surface area contributed by atoms with Gasteiger partial charge in [-0.05, 0) is 44.2 Å². The van der Waals surface area contributed by atoms with E-state index in [1.165, 1.54) is 23.1 Å². The Bertz CT molecular complexity index is 1220. The molecule has 0 fully saturated rings. The molecule has 0 saturated carbocycles. The Kier molecular flexibility index (Phi) is 4.52. The zero-order valence-electron chi connectivity index (χ0n) is 15.3. The molecule has 0 bridgehead atoms. The molecule has 6 nitrogen and oxygen atoms in total. The molecule has 142 valence electrons. The zero-order chi connectivity index (χ0) is 19.1. The van der Waals surface area contributed by atoms with Crippen molar-refractivity contribution < 1.29 is 4.42 Å². The third-order valence-electron chi connectivity index (χ3n) is 4.94. The van der Waals surface area contributed by atoms with Crippen LogP contribution in [0.5, 0.6) is 0 Å². The number of aromatic nitrogens is 4. The molecule has 1 aliphatic carbocycles. The van der Waals surface area contributed by atoms with E-state index in [1.807, 2.05) is 31.2 Å². The molecule has 0 N–H and O–H groups in total. The molecule has 3 aromatic heterocycles. The summed E-state index contributed by atoms with van der Waals surface area (Å²) in [5.41, 5.74) is 3.92. The Balaban J connectivity index is 1.38. The van der Waals surface area contributed by atoms with Crippen molar-refractivity contribution in [1.29, 1.82) is 0 Å². The van der Waals surface area contributed by atoms with Crippen LogP contribution in [0.3, 0.4) is 0 Å². The van der Waals surface area contributed by atoms with Crippen LogP contribution in [0, 0.1) is 6.92 Å². The fourth-order valence-corrected chi connectivity index (χ4v) is 5.43. The van der Waals surface area contributed by atoms with Gasteiger partial charge in [-0.15, -0.1) is 21.5 Å². The van der Waals surface area contributed by atoms with E-state index in [4.69, 9.17) is 9.40 Å². The number of rotatable bonds is 4. The van der Waals surface area contributed by atoms with Gasteiger partial charge in [-0.1, -0.05) is 30.0 Å². The second-order valence-electron chi connectivity index (χ2n) is 6.86.